The second-order valence-electron chi connectivity index (χ2n) is 4.32. The molecule has 1 heterocycles. The molecule has 0 unspecified atom stereocenters. The van der Waals surface area contributed by atoms with Crippen molar-refractivity contribution >= 4 is 32.7 Å². The smallest absolute Gasteiger partial charge is 0.272 e. The standard InChI is InChI=1S/C12H15BrN4O/c1-17(2)6-5-14-12(18)11-9-7-8(13)3-4-10(9)15-16-11/h3-4,7H,5-6H2,1-2H3,(H,14,18)(H,15,16). The van der Waals surface area contributed by atoms with Gasteiger partial charge in [0.15, 0.2) is 5.69 Å². The normalized spacial score (nSPS) is 11.1. The summed E-state index contributed by atoms with van der Waals surface area (Å²) in [5.41, 5.74) is 1.29. The van der Waals surface area contributed by atoms with E-state index in [9.17, 15) is 4.79 Å². The summed E-state index contributed by atoms with van der Waals surface area (Å²) in [5.74, 6) is -0.152. The molecule has 0 aliphatic rings. The summed E-state index contributed by atoms with van der Waals surface area (Å²) in [5, 5.41) is 10.6. The zero-order valence-corrected chi connectivity index (χ0v) is 11.9. The molecule has 96 valence electrons. The summed E-state index contributed by atoms with van der Waals surface area (Å²) >= 11 is 3.39. The first kappa shape index (κ1) is 13.0. The molecule has 0 fully saturated rings. The van der Waals surface area contributed by atoms with E-state index in [4.69, 9.17) is 0 Å². The fraction of sp³-hybridized carbons (Fsp3) is 0.333. The summed E-state index contributed by atoms with van der Waals surface area (Å²) in [6.07, 6.45) is 0. The van der Waals surface area contributed by atoms with Crippen molar-refractivity contribution in [1.29, 1.82) is 0 Å². The van der Waals surface area contributed by atoms with Crippen LogP contribution < -0.4 is 5.32 Å². The Morgan fingerprint density at radius 1 is 1.50 bits per heavy atom. The highest BCUT2D eigenvalue weighted by Gasteiger charge is 2.13. The van der Waals surface area contributed by atoms with Crippen LogP contribution in [-0.4, -0.2) is 48.2 Å². The minimum Gasteiger partial charge on any atom is -0.349 e. The van der Waals surface area contributed by atoms with E-state index in [1.54, 1.807) is 0 Å². The lowest BCUT2D eigenvalue weighted by atomic mass is 10.2. The number of hydrogen-bond donors (Lipinski definition) is 2. The fourth-order valence-corrected chi connectivity index (χ4v) is 2.00. The van der Waals surface area contributed by atoms with Crippen LogP contribution in [0.4, 0.5) is 0 Å². The van der Waals surface area contributed by atoms with Crippen molar-refractivity contribution in [3.63, 3.8) is 0 Å². The maximum absolute atomic E-state index is 12.0. The number of benzene rings is 1. The highest BCUT2D eigenvalue weighted by atomic mass is 79.9. The highest BCUT2D eigenvalue weighted by molar-refractivity contribution is 9.10. The Balaban J connectivity index is 2.15. The Kier molecular flexibility index (Phi) is 3.98. The summed E-state index contributed by atoms with van der Waals surface area (Å²) in [6.45, 7) is 1.41. The fourth-order valence-electron chi connectivity index (χ4n) is 1.64. The lowest BCUT2D eigenvalue weighted by Gasteiger charge is -2.09. The number of fused-ring (bicyclic) bond motifs is 1. The number of aromatic amines is 1. The highest BCUT2D eigenvalue weighted by Crippen LogP contribution is 2.20. The molecule has 18 heavy (non-hydrogen) atoms. The number of amides is 1. The maximum atomic E-state index is 12.0. The van der Waals surface area contributed by atoms with Gasteiger partial charge in [0.05, 0.1) is 5.52 Å². The summed E-state index contributed by atoms with van der Waals surface area (Å²) in [7, 11) is 3.93. The van der Waals surface area contributed by atoms with Crippen LogP contribution in [0.5, 0.6) is 0 Å². The molecule has 1 amide bonds. The molecule has 0 radical (unpaired) electrons. The second kappa shape index (κ2) is 5.49. The molecular weight excluding hydrogens is 296 g/mol. The van der Waals surface area contributed by atoms with E-state index in [0.717, 1.165) is 21.9 Å². The number of rotatable bonds is 4. The van der Waals surface area contributed by atoms with E-state index >= 15 is 0 Å². The van der Waals surface area contributed by atoms with Gasteiger partial charge in [0.25, 0.3) is 5.91 Å². The van der Waals surface area contributed by atoms with Gasteiger partial charge in [-0.25, -0.2) is 0 Å². The van der Waals surface area contributed by atoms with Crippen LogP contribution in [0.2, 0.25) is 0 Å². The molecule has 0 aliphatic heterocycles. The lowest BCUT2D eigenvalue weighted by molar-refractivity contribution is 0.0947. The van der Waals surface area contributed by atoms with Crippen LogP contribution in [0.3, 0.4) is 0 Å². The van der Waals surface area contributed by atoms with Gasteiger partial charge in [0.2, 0.25) is 0 Å². The van der Waals surface area contributed by atoms with Crippen LogP contribution in [0.25, 0.3) is 10.9 Å². The number of halogens is 1. The molecule has 2 rings (SSSR count). The van der Waals surface area contributed by atoms with Crippen molar-refractivity contribution in [2.75, 3.05) is 27.2 Å². The third-order valence-electron chi connectivity index (χ3n) is 2.58. The minimum absolute atomic E-state index is 0.152. The summed E-state index contributed by atoms with van der Waals surface area (Å²) < 4.78 is 0.929. The second-order valence-corrected chi connectivity index (χ2v) is 5.24. The number of nitrogens with one attached hydrogen (secondary N) is 2. The van der Waals surface area contributed by atoms with Gasteiger partial charge in [0.1, 0.15) is 0 Å². The van der Waals surface area contributed by atoms with Crippen LogP contribution in [-0.2, 0) is 0 Å². The molecular formula is C12H15BrN4O. The van der Waals surface area contributed by atoms with Crippen LogP contribution in [0.15, 0.2) is 22.7 Å². The van der Waals surface area contributed by atoms with Crippen molar-refractivity contribution in [3.8, 4) is 0 Å². The number of nitrogens with zero attached hydrogens (tertiary/aromatic N) is 2. The Bertz CT molecular complexity index is 564. The van der Waals surface area contributed by atoms with Gasteiger partial charge < -0.3 is 10.2 Å². The maximum Gasteiger partial charge on any atom is 0.272 e. The monoisotopic (exact) mass is 310 g/mol. The van der Waals surface area contributed by atoms with E-state index in [1.807, 2.05) is 37.2 Å². The topological polar surface area (TPSA) is 61.0 Å². The molecule has 1 aromatic carbocycles. The quantitative estimate of drug-likeness (QED) is 0.902. The molecule has 0 saturated heterocycles. The number of carbonyl (C=O) groups is 1. The average molecular weight is 311 g/mol. The molecule has 0 atom stereocenters. The first-order valence-electron chi connectivity index (χ1n) is 5.64. The predicted molar refractivity (Wildman–Crippen MR) is 74.7 cm³/mol. The molecule has 2 N–H and O–H groups in total. The Morgan fingerprint density at radius 2 is 2.28 bits per heavy atom. The lowest BCUT2D eigenvalue weighted by Crippen LogP contribution is -2.31. The van der Waals surface area contributed by atoms with E-state index in [1.165, 1.54) is 0 Å². The van der Waals surface area contributed by atoms with E-state index in [2.05, 4.69) is 31.4 Å². The third kappa shape index (κ3) is 2.88. The molecule has 2 aromatic rings. The van der Waals surface area contributed by atoms with Gasteiger partial charge >= 0.3 is 0 Å². The SMILES string of the molecule is CN(C)CCNC(=O)c1n[nH]c2ccc(Br)cc12. The van der Waals surface area contributed by atoms with E-state index < -0.39 is 0 Å². The van der Waals surface area contributed by atoms with Crippen molar-refractivity contribution in [2.45, 2.75) is 0 Å². The largest absolute Gasteiger partial charge is 0.349 e. The van der Waals surface area contributed by atoms with Gasteiger partial charge in [-0.1, -0.05) is 15.9 Å². The third-order valence-corrected chi connectivity index (χ3v) is 3.08. The van der Waals surface area contributed by atoms with Gasteiger partial charge in [-0.15, -0.1) is 0 Å². The molecule has 0 saturated carbocycles. The van der Waals surface area contributed by atoms with Gasteiger partial charge in [-0.2, -0.15) is 5.10 Å². The van der Waals surface area contributed by atoms with E-state index in [0.29, 0.717) is 12.2 Å². The van der Waals surface area contributed by atoms with Crippen molar-refractivity contribution in [1.82, 2.24) is 20.4 Å². The number of aromatic nitrogens is 2. The molecule has 6 heteroatoms. The van der Waals surface area contributed by atoms with Crippen molar-refractivity contribution in [2.24, 2.45) is 0 Å². The molecule has 0 spiro atoms. The molecule has 5 nitrogen and oxygen atoms in total. The van der Waals surface area contributed by atoms with Gasteiger partial charge in [0, 0.05) is 22.9 Å². The number of H-pyrrole nitrogens is 1. The van der Waals surface area contributed by atoms with Crippen LogP contribution in [0.1, 0.15) is 10.5 Å². The van der Waals surface area contributed by atoms with Crippen molar-refractivity contribution < 1.29 is 4.79 Å². The van der Waals surface area contributed by atoms with Crippen LogP contribution >= 0.6 is 15.9 Å². The minimum atomic E-state index is -0.152. The van der Waals surface area contributed by atoms with Crippen molar-refractivity contribution in [3.05, 3.63) is 28.4 Å². The van der Waals surface area contributed by atoms with Gasteiger partial charge in [-0.05, 0) is 32.3 Å². The van der Waals surface area contributed by atoms with E-state index in [-0.39, 0.29) is 5.91 Å². The molecule has 0 bridgehead atoms. The number of likely N-dealkylation sites (N-methyl/N-ethyl adjacent to an activating group) is 1. The molecule has 0 aliphatic carbocycles. The first-order valence-corrected chi connectivity index (χ1v) is 6.44. The zero-order valence-electron chi connectivity index (χ0n) is 10.3. The van der Waals surface area contributed by atoms with Crippen LogP contribution in [0, 0.1) is 0 Å². The predicted octanol–water partition coefficient (Wildman–Crippen LogP) is 1.62. The summed E-state index contributed by atoms with van der Waals surface area (Å²) in [4.78, 5) is 14.0. The molecule has 1 aromatic heterocycles. The Morgan fingerprint density at radius 3 is 3.00 bits per heavy atom. The Labute approximate surface area is 114 Å². The zero-order chi connectivity index (χ0) is 13.1. The first-order chi connectivity index (χ1) is 8.58. The Hall–Kier alpha value is -1.40. The summed E-state index contributed by atoms with van der Waals surface area (Å²) in [6, 6.07) is 5.69. The number of carbonyl (C=O) groups excluding carboxylic acids is 1. The average Bonchev–Trinajstić information content (AvgIpc) is 2.71. The number of hydrogen-bond acceptors (Lipinski definition) is 3. The van der Waals surface area contributed by atoms with Gasteiger partial charge in [-0.3, -0.25) is 9.89 Å².